The first-order chi connectivity index (χ1) is 12.4. The number of nitrogens with one attached hydrogen (secondary N) is 2. The Morgan fingerprint density at radius 1 is 1.19 bits per heavy atom. The molecule has 2 aromatic rings. The maximum Gasteiger partial charge on any atom is 0.244 e. The van der Waals surface area contributed by atoms with E-state index in [1.807, 2.05) is 0 Å². The van der Waals surface area contributed by atoms with Gasteiger partial charge in [-0.3, -0.25) is 9.48 Å². The van der Waals surface area contributed by atoms with Crippen LogP contribution in [0.3, 0.4) is 0 Å². The second-order valence-corrected chi connectivity index (χ2v) is 9.04. The minimum Gasteiger partial charge on any atom is -0.350 e. The lowest BCUT2D eigenvalue weighted by molar-refractivity contribution is -0.122. The van der Waals surface area contributed by atoms with Crippen molar-refractivity contribution in [2.45, 2.75) is 58.1 Å². The smallest absolute Gasteiger partial charge is 0.244 e. The molecule has 0 aliphatic carbocycles. The van der Waals surface area contributed by atoms with E-state index in [4.69, 9.17) is 0 Å². The molecule has 0 radical (unpaired) electrons. The van der Waals surface area contributed by atoms with Gasteiger partial charge in [-0.1, -0.05) is 12.1 Å². The molecule has 2 N–H and O–H groups in total. The van der Waals surface area contributed by atoms with Gasteiger partial charge in [-0.2, -0.15) is 5.10 Å². The number of hydrogen-bond acceptors (Lipinski definition) is 4. The van der Waals surface area contributed by atoms with Crippen LogP contribution in [-0.4, -0.2) is 29.6 Å². The highest BCUT2D eigenvalue weighted by Gasteiger charge is 2.28. The summed E-state index contributed by atoms with van der Waals surface area (Å²) in [7, 11) is -3.75. The van der Waals surface area contributed by atoms with Gasteiger partial charge < -0.3 is 5.32 Å². The molecule has 148 valence electrons. The highest BCUT2D eigenvalue weighted by atomic mass is 32.2. The van der Waals surface area contributed by atoms with Crippen molar-refractivity contribution in [1.29, 1.82) is 0 Å². The van der Waals surface area contributed by atoms with Crippen molar-refractivity contribution >= 4 is 15.9 Å². The predicted octanol–water partition coefficient (Wildman–Crippen LogP) is 2.03. The molecule has 7 nitrogen and oxygen atoms in total. The van der Waals surface area contributed by atoms with Crippen molar-refractivity contribution in [3.8, 4) is 0 Å². The van der Waals surface area contributed by atoms with Crippen molar-refractivity contribution < 1.29 is 17.6 Å². The summed E-state index contributed by atoms with van der Waals surface area (Å²) < 4.78 is 42.1. The zero-order valence-corrected chi connectivity index (χ0v) is 16.9. The number of aromatic nitrogens is 2. The zero-order valence-electron chi connectivity index (χ0n) is 16.1. The van der Waals surface area contributed by atoms with Gasteiger partial charge in [0.05, 0.1) is 11.4 Å². The van der Waals surface area contributed by atoms with Gasteiger partial charge in [-0.25, -0.2) is 17.5 Å². The lowest BCUT2D eigenvalue weighted by atomic mass is 10.1. The summed E-state index contributed by atoms with van der Waals surface area (Å²) in [6, 6.07) is 5.81. The Morgan fingerprint density at radius 2 is 1.78 bits per heavy atom. The fraction of sp³-hybridized carbons (Fsp3) is 0.444. The number of aryl methyl sites for hydroxylation is 1. The molecule has 0 aliphatic rings. The van der Waals surface area contributed by atoms with E-state index in [2.05, 4.69) is 15.1 Å². The second kappa shape index (κ2) is 7.77. The van der Waals surface area contributed by atoms with Crippen LogP contribution in [0.15, 0.2) is 29.2 Å². The Kier molecular flexibility index (Phi) is 6.06. The van der Waals surface area contributed by atoms with Gasteiger partial charge in [0.15, 0.2) is 0 Å². The van der Waals surface area contributed by atoms with E-state index < -0.39 is 15.6 Å². The summed E-state index contributed by atoms with van der Waals surface area (Å²) in [5.41, 5.74) is 0.847. The van der Waals surface area contributed by atoms with E-state index in [-0.39, 0.29) is 29.7 Å². The van der Waals surface area contributed by atoms with Crippen LogP contribution in [0.25, 0.3) is 0 Å². The van der Waals surface area contributed by atoms with Crippen LogP contribution in [0.1, 0.15) is 37.7 Å². The summed E-state index contributed by atoms with van der Waals surface area (Å²) in [6.07, 6.45) is 0. The Balaban J connectivity index is 2.11. The van der Waals surface area contributed by atoms with Crippen LogP contribution in [0.2, 0.25) is 0 Å². The molecule has 0 unspecified atom stereocenters. The zero-order chi connectivity index (χ0) is 20.4. The molecule has 0 spiro atoms. The predicted molar refractivity (Wildman–Crippen MR) is 100 cm³/mol. The molecule has 0 fully saturated rings. The van der Waals surface area contributed by atoms with Gasteiger partial charge >= 0.3 is 0 Å². The monoisotopic (exact) mass is 396 g/mol. The Morgan fingerprint density at radius 3 is 2.33 bits per heavy atom. The molecule has 1 aromatic carbocycles. The number of benzene rings is 1. The van der Waals surface area contributed by atoms with Crippen LogP contribution in [0.4, 0.5) is 4.39 Å². The van der Waals surface area contributed by atoms with E-state index >= 15 is 0 Å². The third kappa shape index (κ3) is 5.61. The molecule has 0 atom stereocenters. The van der Waals surface area contributed by atoms with Gasteiger partial charge in [-0.15, -0.1) is 0 Å². The molecular weight excluding hydrogens is 371 g/mol. The van der Waals surface area contributed by atoms with Crippen molar-refractivity contribution in [3.63, 3.8) is 0 Å². The van der Waals surface area contributed by atoms with E-state index in [0.29, 0.717) is 11.4 Å². The number of halogens is 1. The molecule has 9 heteroatoms. The highest BCUT2D eigenvalue weighted by molar-refractivity contribution is 7.89. The first-order valence-corrected chi connectivity index (χ1v) is 9.96. The molecule has 0 bridgehead atoms. The standard InChI is InChI=1S/C18H25FN4O3S/c1-12-17(27(25,26)22-18(3,4)5)13(2)23(21-12)11-16(24)20-10-14-6-8-15(19)9-7-14/h6-9,22H,10-11H2,1-5H3,(H,20,24). The molecule has 2 rings (SSSR count). The summed E-state index contributed by atoms with van der Waals surface area (Å²) in [6.45, 7) is 8.60. The summed E-state index contributed by atoms with van der Waals surface area (Å²) in [5.74, 6) is -0.664. The fourth-order valence-electron chi connectivity index (χ4n) is 2.67. The van der Waals surface area contributed by atoms with Gasteiger partial charge in [-0.05, 0) is 52.3 Å². The van der Waals surface area contributed by atoms with E-state index in [9.17, 15) is 17.6 Å². The first kappa shape index (κ1) is 21.0. The number of nitrogens with zero attached hydrogens (tertiary/aromatic N) is 2. The number of sulfonamides is 1. The molecule has 0 saturated heterocycles. The number of amides is 1. The molecular formula is C18H25FN4O3S. The Labute approximate surface area is 159 Å². The van der Waals surface area contributed by atoms with Crippen molar-refractivity contribution in [3.05, 3.63) is 47.0 Å². The number of hydrogen-bond donors (Lipinski definition) is 2. The molecule has 1 heterocycles. The molecule has 1 aromatic heterocycles. The fourth-order valence-corrected chi connectivity index (χ4v) is 4.50. The highest BCUT2D eigenvalue weighted by Crippen LogP contribution is 2.21. The largest absolute Gasteiger partial charge is 0.350 e. The van der Waals surface area contributed by atoms with Crippen LogP contribution in [-0.2, 0) is 27.9 Å². The first-order valence-electron chi connectivity index (χ1n) is 8.48. The summed E-state index contributed by atoms with van der Waals surface area (Å²) >= 11 is 0. The lowest BCUT2D eigenvalue weighted by Gasteiger charge is -2.20. The quantitative estimate of drug-likeness (QED) is 0.781. The average Bonchev–Trinajstić information content (AvgIpc) is 2.79. The van der Waals surface area contributed by atoms with Crippen LogP contribution in [0.5, 0.6) is 0 Å². The van der Waals surface area contributed by atoms with E-state index in [1.165, 1.54) is 16.8 Å². The van der Waals surface area contributed by atoms with Crippen molar-refractivity contribution in [2.75, 3.05) is 0 Å². The Bertz CT molecular complexity index is 929. The van der Waals surface area contributed by atoms with Gasteiger partial charge in [0.25, 0.3) is 0 Å². The number of rotatable bonds is 6. The van der Waals surface area contributed by atoms with Crippen molar-refractivity contribution in [2.24, 2.45) is 0 Å². The van der Waals surface area contributed by atoms with Crippen LogP contribution < -0.4 is 10.0 Å². The minimum absolute atomic E-state index is 0.0868. The lowest BCUT2D eigenvalue weighted by Crippen LogP contribution is -2.40. The average molecular weight is 396 g/mol. The third-order valence-electron chi connectivity index (χ3n) is 3.72. The SMILES string of the molecule is Cc1nn(CC(=O)NCc2ccc(F)cc2)c(C)c1S(=O)(=O)NC(C)(C)C. The maximum atomic E-state index is 12.9. The van der Waals surface area contributed by atoms with Gasteiger partial charge in [0, 0.05) is 12.1 Å². The van der Waals surface area contributed by atoms with E-state index in [1.54, 1.807) is 46.8 Å². The summed E-state index contributed by atoms with van der Waals surface area (Å²) in [4.78, 5) is 12.3. The normalized spacial score (nSPS) is 12.2. The Hall–Kier alpha value is -2.26. The van der Waals surface area contributed by atoms with Gasteiger partial charge in [0.1, 0.15) is 17.3 Å². The number of carbonyl (C=O) groups excluding carboxylic acids is 1. The number of carbonyl (C=O) groups is 1. The topological polar surface area (TPSA) is 93.1 Å². The van der Waals surface area contributed by atoms with Crippen LogP contribution in [0, 0.1) is 19.7 Å². The molecule has 27 heavy (non-hydrogen) atoms. The maximum absolute atomic E-state index is 12.9. The molecule has 1 amide bonds. The third-order valence-corrected chi connectivity index (χ3v) is 5.73. The summed E-state index contributed by atoms with van der Waals surface area (Å²) in [5, 5.41) is 6.91. The molecule has 0 aliphatic heterocycles. The minimum atomic E-state index is -3.75. The van der Waals surface area contributed by atoms with Gasteiger partial charge in [0.2, 0.25) is 15.9 Å². The van der Waals surface area contributed by atoms with E-state index in [0.717, 1.165) is 5.56 Å². The van der Waals surface area contributed by atoms with Crippen molar-refractivity contribution in [1.82, 2.24) is 19.8 Å². The molecule has 0 saturated carbocycles. The van der Waals surface area contributed by atoms with Crippen LogP contribution >= 0.6 is 0 Å². The second-order valence-electron chi connectivity index (χ2n) is 7.42.